The number of imidazole rings is 1. The van der Waals surface area contributed by atoms with Gasteiger partial charge in [-0.1, -0.05) is 0 Å². The maximum absolute atomic E-state index is 13.0. The summed E-state index contributed by atoms with van der Waals surface area (Å²) in [4.78, 5) is 12.7. The average molecular weight is 336 g/mol. The maximum Gasteiger partial charge on any atom is 0.262 e. The molecule has 3 heterocycles. The number of aromatic nitrogens is 4. The topological polar surface area (TPSA) is 107 Å². The monoisotopic (exact) mass is 336 g/mol. The lowest BCUT2D eigenvalue weighted by Crippen LogP contribution is -2.44. The molecular formula is C14H20N6O2S. The molecule has 0 bridgehead atoms. The van der Waals surface area contributed by atoms with Gasteiger partial charge in [-0.05, 0) is 26.7 Å². The SMILES string of the molecule is Cc1cc(N)nc(C2(C)CCCN2S(=O)(=O)c2cn(C)cn2)n1. The molecule has 3 rings (SSSR count). The van der Waals surface area contributed by atoms with Crippen molar-refractivity contribution in [2.24, 2.45) is 7.05 Å². The molecule has 1 saturated heterocycles. The molecule has 1 aliphatic rings. The molecule has 1 atom stereocenters. The molecule has 1 fully saturated rings. The van der Waals surface area contributed by atoms with Gasteiger partial charge in [0, 0.05) is 31.5 Å². The highest BCUT2D eigenvalue weighted by molar-refractivity contribution is 7.89. The summed E-state index contributed by atoms with van der Waals surface area (Å²) in [6, 6.07) is 1.67. The summed E-state index contributed by atoms with van der Waals surface area (Å²) in [6.45, 7) is 4.07. The number of nitrogen functional groups attached to an aromatic ring is 1. The van der Waals surface area contributed by atoms with E-state index in [0.29, 0.717) is 24.6 Å². The molecule has 0 spiro atoms. The largest absolute Gasteiger partial charge is 0.384 e. The summed E-state index contributed by atoms with van der Waals surface area (Å²) >= 11 is 0. The Morgan fingerprint density at radius 1 is 1.35 bits per heavy atom. The van der Waals surface area contributed by atoms with Gasteiger partial charge < -0.3 is 10.3 Å². The van der Waals surface area contributed by atoms with Crippen LogP contribution in [0.1, 0.15) is 31.3 Å². The lowest BCUT2D eigenvalue weighted by Gasteiger charge is -2.32. The van der Waals surface area contributed by atoms with Crippen LogP contribution in [0, 0.1) is 6.92 Å². The zero-order chi connectivity index (χ0) is 16.8. The fraction of sp³-hybridized carbons (Fsp3) is 0.500. The number of nitrogens with two attached hydrogens (primary N) is 1. The number of aryl methyl sites for hydroxylation is 2. The third kappa shape index (κ3) is 2.59. The third-order valence-electron chi connectivity index (χ3n) is 4.17. The van der Waals surface area contributed by atoms with Crippen molar-refractivity contribution in [2.45, 2.75) is 37.3 Å². The summed E-state index contributed by atoms with van der Waals surface area (Å²) in [6.07, 6.45) is 4.35. The van der Waals surface area contributed by atoms with E-state index in [9.17, 15) is 8.42 Å². The van der Waals surface area contributed by atoms with Gasteiger partial charge in [-0.15, -0.1) is 0 Å². The van der Waals surface area contributed by atoms with Gasteiger partial charge in [0.05, 0.1) is 11.9 Å². The molecule has 23 heavy (non-hydrogen) atoms. The molecule has 0 aromatic carbocycles. The smallest absolute Gasteiger partial charge is 0.262 e. The molecule has 2 aromatic heterocycles. The Hall–Kier alpha value is -2.00. The second kappa shape index (κ2) is 5.27. The first kappa shape index (κ1) is 15.9. The Morgan fingerprint density at radius 3 is 2.70 bits per heavy atom. The minimum Gasteiger partial charge on any atom is -0.384 e. The Bertz CT molecular complexity index is 826. The van der Waals surface area contributed by atoms with Gasteiger partial charge in [0.2, 0.25) is 0 Å². The van der Waals surface area contributed by atoms with Crippen molar-refractivity contribution in [3.63, 3.8) is 0 Å². The number of hydrogen-bond donors (Lipinski definition) is 1. The van der Waals surface area contributed by atoms with Crippen LogP contribution in [0.5, 0.6) is 0 Å². The third-order valence-corrected chi connectivity index (χ3v) is 6.07. The van der Waals surface area contributed by atoms with E-state index >= 15 is 0 Å². The van der Waals surface area contributed by atoms with E-state index in [4.69, 9.17) is 5.73 Å². The van der Waals surface area contributed by atoms with Gasteiger partial charge >= 0.3 is 0 Å². The van der Waals surface area contributed by atoms with Gasteiger partial charge in [-0.2, -0.15) is 4.31 Å². The Morgan fingerprint density at radius 2 is 2.09 bits per heavy atom. The second-order valence-electron chi connectivity index (χ2n) is 6.09. The van der Waals surface area contributed by atoms with Crippen LogP contribution in [0.15, 0.2) is 23.6 Å². The molecule has 0 saturated carbocycles. The van der Waals surface area contributed by atoms with Crippen molar-refractivity contribution < 1.29 is 8.42 Å². The Balaban J connectivity index is 2.09. The molecule has 0 aliphatic carbocycles. The van der Waals surface area contributed by atoms with E-state index in [1.54, 1.807) is 17.7 Å². The highest BCUT2D eigenvalue weighted by atomic mass is 32.2. The van der Waals surface area contributed by atoms with Gasteiger partial charge in [-0.25, -0.2) is 23.4 Å². The summed E-state index contributed by atoms with van der Waals surface area (Å²) in [7, 11) is -1.98. The van der Waals surface area contributed by atoms with Crippen molar-refractivity contribution in [3.05, 3.63) is 30.1 Å². The number of anilines is 1. The van der Waals surface area contributed by atoms with Crippen molar-refractivity contribution in [2.75, 3.05) is 12.3 Å². The molecule has 9 heteroatoms. The standard InChI is InChI=1S/C14H20N6O2S/c1-10-7-11(15)18-13(17-10)14(2)5-4-6-20(14)23(21,22)12-8-19(3)9-16-12/h7-9H,4-6H2,1-3H3,(H2,15,17,18). The van der Waals surface area contributed by atoms with Crippen molar-refractivity contribution in [1.29, 1.82) is 0 Å². The highest BCUT2D eigenvalue weighted by Gasteiger charge is 2.48. The molecule has 1 aliphatic heterocycles. The minimum absolute atomic E-state index is 0.0359. The quantitative estimate of drug-likeness (QED) is 0.888. The summed E-state index contributed by atoms with van der Waals surface area (Å²) < 4.78 is 29.0. The van der Waals surface area contributed by atoms with E-state index in [1.807, 2.05) is 13.8 Å². The van der Waals surface area contributed by atoms with Gasteiger partial charge in [0.1, 0.15) is 5.82 Å². The van der Waals surface area contributed by atoms with E-state index in [-0.39, 0.29) is 5.03 Å². The zero-order valence-corrected chi connectivity index (χ0v) is 14.2. The fourth-order valence-corrected chi connectivity index (χ4v) is 4.79. The minimum atomic E-state index is -3.72. The van der Waals surface area contributed by atoms with E-state index in [2.05, 4.69) is 15.0 Å². The van der Waals surface area contributed by atoms with Crippen LogP contribution >= 0.6 is 0 Å². The first-order valence-corrected chi connectivity index (χ1v) is 8.80. The molecular weight excluding hydrogens is 316 g/mol. The van der Waals surface area contributed by atoms with Crippen LogP contribution in [0.25, 0.3) is 0 Å². The summed E-state index contributed by atoms with van der Waals surface area (Å²) in [5.74, 6) is 0.780. The molecule has 2 N–H and O–H groups in total. The van der Waals surface area contributed by atoms with E-state index in [1.165, 1.54) is 16.8 Å². The lowest BCUT2D eigenvalue weighted by atomic mass is 9.99. The molecule has 0 amide bonds. The first-order chi connectivity index (χ1) is 10.7. The molecule has 124 valence electrons. The van der Waals surface area contributed by atoms with Crippen LogP contribution in [0.4, 0.5) is 5.82 Å². The molecule has 0 radical (unpaired) electrons. The average Bonchev–Trinajstić information content (AvgIpc) is 3.05. The van der Waals surface area contributed by atoms with Crippen LogP contribution in [0.2, 0.25) is 0 Å². The summed E-state index contributed by atoms with van der Waals surface area (Å²) in [5, 5.41) is 0.0359. The van der Waals surface area contributed by atoms with Crippen molar-refractivity contribution in [1.82, 2.24) is 23.8 Å². The number of nitrogens with zero attached hydrogens (tertiary/aromatic N) is 5. The van der Waals surface area contributed by atoms with Gasteiger partial charge in [0.25, 0.3) is 10.0 Å². The van der Waals surface area contributed by atoms with E-state index in [0.717, 1.165) is 12.1 Å². The summed E-state index contributed by atoms with van der Waals surface area (Å²) in [5.41, 5.74) is 5.72. The van der Waals surface area contributed by atoms with Crippen LogP contribution < -0.4 is 5.73 Å². The molecule has 1 unspecified atom stereocenters. The number of sulfonamides is 1. The van der Waals surface area contributed by atoms with Crippen LogP contribution in [-0.4, -0.2) is 38.8 Å². The number of rotatable bonds is 3. The lowest BCUT2D eigenvalue weighted by molar-refractivity contribution is 0.254. The van der Waals surface area contributed by atoms with Gasteiger partial charge in [0.15, 0.2) is 10.9 Å². The van der Waals surface area contributed by atoms with Crippen LogP contribution in [-0.2, 0) is 22.6 Å². The van der Waals surface area contributed by atoms with Crippen molar-refractivity contribution >= 4 is 15.8 Å². The predicted molar refractivity (Wildman–Crippen MR) is 84.9 cm³/mol. The zero-order valence-electron chi connectivity index (χ0n) is 13.4. The predicted octanol–water partition coefficient (Wildman–Crippen LogP) is 0.801. The highest BCUT2D eigenvalue weighted by Crippen LogP contribution is 2.40. The van der Waals surface area contributed by atoms with Crippen LogP contribution in [0.3, 0.4) is 0 Å². The van der Waals surface area contributed by atoms with Gasteiger partial charge in [-0.3, -0.25) is 0 Å². The molecule has 2 aromatic rings. The number of hydrogen-bond acceptors (Lipinski definition) is 6. The second-order valence-corrected chi connectivity index (χ2v) is 7.90. The van der Waals surface area contributed by atoms with Crippen molar-refractivity contribution in [3.8, 4) is 0 Å². The van der Waals surface area contributed by atoms with E-state index < -0.39 is 15.6 Å². The first-order valence-electron chi connectivity index (χ1n) is 7.36. The Kier molecular flexibility index (Phi) is 3.64. The Labute approximate surface area is 135 Å². The maximum atomic E-state index is 13.0. The fourth-order valence-electron chi connectivity index (χ4n) is 3.02. The normalized spacial score (nSPS) is 22.6. The molecule has 8 nitrogen and oxygen atoms in total.